The molecule has 2 rings (SSSR count). The van der Waals surface area contributed by atoms with Crippen LogP contribution in [0.25, 0.3) is 0 Å². The van der Waals surface area contributed by atoms with Crippen LogP contribution in [0.15, 0.2) is 42.5 Å². The normalized spacial score (nSPS) is 10.1. The SMILES string of the molecule is CCCCOC(=O)c1ccc(OC(=O)Nc2ccc(C)cc2[N+](=O)[O-])cc1. The third kappa shape index (κ3) is 5.81. The van der Waals surface area contributed by atoms with Crippen LogP contribution >= 0.6 is 0 Å². The number of unbranched alkanes of at least 4 members (excludes halogenated alkanes) is 1. The minimum absolute atomic E-state index is 0.0340. The number of aryl methyl sites for hydroxylation is 1. The average Bonchev–Trinajstić information content (AvgIpc) is 2.63. The summed E-state index contributed by atoms with van der Waals surface area (Å²) in [6.07, 6.45) is 0.840. The van der Waals surface area contributed by atoms with Crippen molar-refractivity contribution in [2.75, 3.05) is 11.9 Å². The van der Waals surface area contributed by atoms with E-state index in [1.165, 1.54) is 36.4 Å². The van der Waals surface area contributed by atoms with Crippen molar-refractivity contribution in [3.05, 3.63) is 63.7 Å². The summed E-state index contributed by atoms with van der Waals surface area (Å²) in [4.78, 5) is 34.3. The third-order valence-electron chi connectivity index (χ3n) is 3.62. The quantitative estimate of drug-likeness (QED) is 0.332. The molecule has 0 spiro atoms. The molecule has 0 aliphatic rings. The highest BCUT2D eigenvalue weighted by Crippen LogP contribution is 2.25. The monoisotopic (exact) mass is 372 g/mol. The van der Waals surface area contributed by atoms with Gasteiger partial charge in [-0.3, -0.25) is 15.4 Å². The zero-order valence-corrected chi connectivity index (χ0v) is 15.1. The van der Waals surface area contributed by atoms with E-state index in [1.54, 1.807) is 13.0 Å². The van der Waals surface area contributed by atoms with Gasteiger partial charge in [0.2, 0.25) is 0 Å². The Morgan fingerprint density at radius 1 is 1.15 bits per heavy atom. The summed E-state index contributed by atoms with van der Waals surface area (Å²) in [6.45, 7) is 4.06. The highest BCUT2D eigenvalue weighted by atomic mass is 16.6. The van der Waals surface area contributed by atoms with Crippen LogP contribution in [-0.4, -0.2) is 23.6 Å². The molecule has 8 heteroatoms. The summed E-state index contributed by atoms with van der Waals surface area (Å²) < 4.78 is 10.2. The van der Waals surface area contributed by atoms with Crippen LogP contribution in [0.4, 0.5) is 16.2 Å². The smallest absolute Gasteiger partial charge is 0.417 e. The number of nitro groups is 1. The molecule has 8 nitrogen and oxygen atoms in total. The topological polar surface area (TPSA) is 108 Å². The first kappa shape index (κ1) is 19.9. The van der Waals surface area contributed by atoms with Crippen molar-refractivity contribution in [1.82, 2.24) is 0 Å². The Labute approximate surface area is 156 Å². The summed E-state index contributed by atoms with van der Waals surface area (Å²) in [5.41, 5.74) is 0.846. The molecule has 0 saturated heterocycles. The highest BCUT2D eigenvalue weighted by molar-refractivity contribution is 5.91. The molecule has 0 fully saturated rings. The Kier molecular flexibility index (Phi) is 6.87. The van der Waals surface area contributed by atoms with Crippen molar-refractivity contribution in [3.8, 4) is 5.75 Å². The van der Waals surface area contributed by atoms with E-state index in [4.69, 9.17) is 9.47 Å². The number of hydrogen-bond acceptors (Lipinski definition) is 6. The molecule has 0 saturated carbocycles. The Hall–Kier alpha value is -3.42. The molecule has 2 aromatic carbocycles. The van der Waals surface area contributed by atoms with Crippen molar-refractivity contribution in [3.63, 3.8) is 0 Å². The van der Waals surface area contributed by atoms with E-state index < -0.39 is 17.0 Å². The fourth-order valence-electron chi connectivity index (χ4n) is 2.19. The second-order valence-electron chi connectivity index (χ2n) is 5.81. The van der Waals surface area contributed by atoms with E-state index in [-0.39, 0.29) is 17.1 Å². The number of rotatable bonds is 7. The van der Waals surface area contributed by atoms with E-state index in [1.807, 2.05) is 6.92 Å². The van der Waals surface area contributed by atoms with Crippen LogP contribution in [0, 0.1) is 17.0 Å². The first-order valence-electron chi connectivity index (χ1n) is 8.41. The van der Waals surface area contributed by atoms with Crippen molar-refractivity contribution in [2.24, 2.45) is 0 Å². The molecule has 0 bridgehead atoms. The number of nitrogens with one attached hydrogen (secondary N) is 1. The van der Waals surface area contributed by atoms with Gasteiger partial charge in [-0.1, -0.05) is 19.4 Å². The fourth-order valence-corrected chi connectivity index (χ4v) is 2.19. The second kappa shape index (κ2) is 9.33. The van der Waals surface area contributed by atoms with Crippen LogP contribution in [0.2, 0.25) is 0 Å². The number of carbonyl (C=O) groups is 2. The van der Waals surface area contributed by atoms with Crippen LogP contribution in [0.5, 0.6) is 5.75 Å². The molecule has 0 unspecified atom stereocenters. The van der Waals surface area contributed by atoms with Gasteiger partial charge in [-0.2, -0.15) is 0 Å². The van der Waals surface area contributed by atoms with Crippen LogP contribution in [0.1, 0.15) is 35.7 Å². The maximum atomic E-state index is 12.0. The Bertz CT molecular complexity index is 833. The van der Waals surface area contributed by atoms with E-state index >= 15 is 0 Å². The molecule has 0 aliphatic carbocycles. The lowest BCUT2D eigenvalue weighted by molar-refractivity contribution is -0.384. The molecule has 142 valence electrons. The zero-order valence-electron chi connectivity index (χ0n) is 15.1. The number of esters is 1. The summed E-state index contributed by atoms with van der Waals surface area (Å²) in [5, 5.41) is 13.4. The van der Waals surface area contributed by atoms with E-state index in [2.05, 4.69) is 5.32 Å². The van der Waals surface area contributed by atoms with Crippen LogP contribution in [-0.2, 0) is 4.74 Å². The highest BCUT2D eigenvalue weighted by Gasteiger charge is 2.17. The number of benzene rings is 2. The fraction of sp³-hybridized carbons (Fsp3) is 0.263. The van der Waals surface area contributed by atoms with Gasteiger partial charge in [-0.15, -0.1) is 0 Å². The predicted molar refractivity (Wildman–Crippen MR) is 99.1 cm³/mol. The van der Waals surface area contributed by atoms with Crippen molar-refractivity contribution in [1.29, 1.82) is 0 Å². The lowest BCUT2D eigenvalue weighted by Gasteiger charge is -2.08. The first-order valence-corrected chi connectivity index (χ1v) is 8.41. The lowest BCUT2D eigenvalue weighted by Crippen LogP contribution is -2.17. The molecule has 27 heavy (non-hydrogen) atoms. The van der Waals surface area contributed by atoms with Crippen molar-refractivity contribution >= 4 is 23.4 Å². The lowest BCUT2D eigenvalue weighted by atomic mass is 10.2. The van der Waals surface area contributed by atoms with Gasteiger partial charge >= 0.3 is 12.1 Å². The maximum Gasteiger partial charge on any atom is 0.417 e. The number of anilines is 1. The van der Waals surface area contributed by atoms with Gasteiger partial charge in [0.05, 0.1) is 17.1 Å². The molecule has 1 amide bonds. The molecule has 0 atom stereocenters. The molecule has 0 aromatic heterocycles. The number of hydrogen-bond donors (Lipinski definition) is 1. The number of nitrogens with zero attached hydrogens (tertiary/aromatic N) is 1. The van der Waals surface area contributed by atoms with Crippen LogP contribution < -0.4 is 10.1 Å². The molecule has 2 aromatic rings. The minimum atomic E-state index is -0.875. The van der Waals surface area contributed by atoms with E-state index in [0.29, 0.717) is 17.7 Å². The van der Waals surface area contributed by atoms with Gasteiger partial charge in [0.25, 0.3) is 5.69 Å². The second-order valence-corrected chi connectivity index (χ2v) is 5.81. The van der Waals surface area contributed by atoms with Crippen molar-refractivity contribution < 1.29 is 24.0 Å². The van der Waals surface area contributed by atoms with Gasteiger partial charge in [-0.05, 0) is 49.2 Å². The molecule has 0 radical (unpaired) electrons. The zero-order chi connectivity index (χ0) is 19.8. The molecule has 1 N–H and O–H groups in total. The van der Waals surface area contributed by atoms with Gasteiger partial charge in [0.15, 0.2) is 0 Å². The van der Waals surface area contributed by atoms with E-state index in [9.17, 15) is 19.7 Å². The molecule has 0 heterocycles. The molecular weight excluding hydrogens is 352 g/mol. The minimum Gasteiger partial charge on any atom is -0.462 e. The van der Waals surface area contributed by atoms with Gasteiger partial charge in [-0.25, -0.2) is 9.59 Å². The van der Waals surface area contributed by atoms with Gasteiger partial charge in [0, 0.05) is 6.07 Å². The Morgan fingerprint density at radius 2 is 1.85 bits per heavy atom. The van der Waals surface area contributed by atoms with Gasteiger partial charge in [0.1, 0.15) is 11.4 Å². The average molecular weight is 372 g/mol. The molecule has 0 aliphatic heterocycles. The Morgan fingerprint density at radius 3 is 2.48 bits per heavy atom. The first-order chi connectivity index (χ1) is 12.9. The number of carbonyl (C=O) groups excluding carboxylic acids is 2. The standard InChI is InChI=1S/C19H20N2O6/c1-3-4-11-26-18(22)14-6-8-15(9-7-14)27-19(23)20-16-10-5-13(2)12-17(16)21(24)25/h5-10,12H,3-4,11H2,1-2H3,(H,20,23). The van der Waals surface area contributed by atoms with Crippen molar-refractivity contribution in [2.45, 2.75) is 26.7 Å². The maximum absolute atomic E-state index is 12.0. The van der Waals surface area contributed by atoms with E-state index in [0.717, 1.165) is 12.8 Å². The molecular formula is C19H20N2O6. The largest absolute Gasteiger partial charge is 0.462 e. The van der Waals surface area contributed by atoms with Gasteiger partial charge < -0.3 is 9.47 Å². The van der Waals surface area contributed by atoms with Crippen LogP contribution in [0.3, 0.4) is 0 Å². The number of ether oxygens (including phenoxy) is 2. The summed E-state index contributed by atoms with van der Waals surface area (Å²) in [7, 11) is 0. The third-order valence-corrected chi connectivity index (χ3v) is 3.62. The summed E-state index contributed by atoms with van der Waals surface area (Å²) >= 11 is 0. The number of nitro benzene ring substituents is 1. The number of amides is 1. The Balaban J connectivity index is 1.98. The summed E-state index contributed by atoms with van der Waals surface area (Å²) in [6, 6.07) is 10.3. The predicted octanol–water partition coefficient (Wildman–Crippen LogP) is 4.47. The summed E-state index contributed by atoms with van der Waals surface area (Å²) in [5.74, 6) is -0.262.